The lowest BCUT2D eigenvalue weighted by atomic mass is 10.2. The number of benzene rings is 2. The zero-order valence-electron chi connectivity index (χ0n) is 10.5. The molecule has 2 aromatic carbocycles. The van der Waals surface area contributed by atoms with Crippen LogP contribution in [0.1, 0.15) is 15.9 Å². The highest BCUT2D eigenvalue weighted by Gasteiger charge is 2.17. The molecule has 0 heterocycles. The maximum Gasteiger partial charge on any atom is 0.312 e. The molecule has 2 rings (SSSR count). The van der Waals surface area contributed by atoms with E-state index in [1.165, 1.54) is 12.1 Å². The molecule has 102 valence electrons. The molecule has 0 bridgehead atoms. The molecule has 2 aromatic rings. The Morgan fingerprint density at radius 1 is 1.20 bits per heavy atom. The minimum absolute atomic E-state index is 0.0353. The molecule has 0 N–H and O–H groups in total. The number of carbonyl (C=O) groups is 1. The predicted octanol–water partition coefficient (Wildman–Crippen LogP) is 4.16. The minimum Gasteiger partial charge on any atom is -0.449 e. The third-order valence-corrected chi connectivity index (χ3v) is 2.93. The number of rotatable bonds is 4. The molecule has 0 aliphatic heterocycles. The highest BCUT2D eigenvalue weighted by atomic mass is 35.5. The van der Waals surface area contributed by atoms with Crippen molar-refractivity contribution >= 4 is 23.6 Å². The molecule has 6 heteroatoms. The second-order valence-corrected chi connectivity index (χ2v) is 4.55. The lowest BCUT2D eigenvalue weighted by Gasteiger charge is -2.09. The molecule has 0 fully saturated rings. The fourth-order valence-corrected chi connectivity index (χ4v) is 1.80. The van der Waals surface area contributed by atoms with Crippen LogP contribution in [0, 0.1) is 17.0 Å². The van der Waals surface area contributed by atoms with E-state index >= 15 is 0 Å². The molecule has 0 aromatic heterocycles. The molecular formula is C14H10ClNO4. The molecule has 0 aliphatic rings. The van der Waals surface area contributed by atoms with Gasteiger partial charge in [-0.2, -0.15) is 0 Å². The zero-order chi connectivity index (χ0) is 14.7. The largest absolute Gasteiger partial charge is 0.449 e. The fraction of sp³-hybridized carbons (Fsp3) is 0.0714. The van der Waals surface area contributed by atoms with Crippen LogP contribution in [0.15, 0.2) is 36.4 Å². The summed E-state index contributed by atoms with van der Waals surface area (Å²) in [5.41, 5.74) is 0.836. The molecular weight excluding hydrogens is 282 g/mol. The summed E-state index contributed by atoms with van der Waals surface area (Å²) in [6.07, 6.45) is 0.538. The molecule has 20 heavy (non-hydrogen) atoms. The third kappa shape index (κ3) is 2.95. The van der Waals surface area contributed by atoms with Gasteiger partial charge in [0.2, 0.25) is 5.75 Å². The van der Waals surface area contributed by atoms with E-state index in [0.717, 1.165) is 11.6 Å². The van der Waals surface area contributed by atoms with Gasteiger partial charge in [0.05, 0.1) is 9.95 Å². The van der Waals surface area contributed by atoms with Gasteiger partial charge in [-0.3, -0.25) is 14.9 Å². The van der Waals surface area contributed by atoms with Crippen molar-refractivity contribution in [1.82, 2.24) is 0 Å². The van der Waals surface area contributed by atoms with Crippen molar-refractivity contribution in [2.45, 2.75) is 6.92 Å². The Bertz CT molecular complexity index is 685. The maximum absolute atomic E-state index is 11.0. The molecule has 5 nitrogen and oxygen atoms in total. The topological polar surface area (TPSA) is 69.4 Å². The minimum atomic E-state index is -0.605. The summed E-state index contributed by atoms with van der Waals surface area (Å²) in [6.45, 7) is 1.85. The first-order chi connectivity index (χ1) is 9.51. The fourth-order valence-electron chi connectivity index (χ4n) is 1.64. The van der Waals surface area contributed by atoms with Gasteiger partial charge in [0, 0.05) is 11.6 Å². The molecule has 0 saturated carbocycles. The summed E-state index contributed by atoms with van der Waals surface area (Å²) in [5, 5.41) is 11.4. The Balaban J connectivity index is 2.45. The monoisotopic (exact) mass is 291 g/mol. The lowest BCUT2D eigenvalue weighted by molar-refractivity contribution is -0.385. The first kappa shape index (κ1) is 14.0. The van der Waals surface area contributed by atoms with Gasteiger partial charge in [0.15, 0.2) is 0 Å². The molecule has 0 atom stereocenters. The van der Waals surface area contributed by atoms with Gasteiger partial charge in [-0.25, -0.2) is 0 Å². The van der Waals surface area contributed by atoms with Gasteiger partial charge in [-0.15, -0.1) is 0 Å². The van der Waals surface area contributed by atoms with E-state index in [1.807, 2.05) is 6.92 Å². The van der Waals surface area contributed by atoms with Crippen LogP contribution in [0.3, 0.4) is 0 Å². The van der Waals surface area contributed by atoms with Gasteiger partial charge in [0.25, 0.3) is 0 Å². The quantitative estimate of drug-likeness (QED) is 0.482. The van der Waals surface area contributed by atoms with Crippen LogP contribution in [0.4, 0.5) is 5.69 Å². The smallest absolute Gasteiger partial charge is 0.312 e. The van der Waals surface area contributed by atoms with Crippen LogP contribution < -0.4 is 4.74 Å². The Morgan fingerprint density at radius 2 is 1.95 bits per heavy atom. The van der Waals surface area contributed by atoms with E-state index in [2.05, 4.69) is 0 Å². The van der Waals surface area contributed by atoms with Crippen molar-refractivity contribution in [2.24, 2.45) is 0 Å². The normalized spacial score (nSPS) is 10.1. The van der Waals surface area contributed by atoms with Crippen molar-refractivity contribution in [3.63, 3.8) is 0 Å². The first-order valence-electron chi connectivity index (χ1n) is 5.69. The molecule has 0 spiro atoms. The number of nitro groups is 1. The van der Waals surface area contributed by atoms with E-state index in [0.29, 0.717) is 17.1 Å². The number of halogens is 1. The first-order valence-corrected chi connectivity index (χ1v) is 6.06. The molecule has 0 saturated heterocycles. The second-order valence-electron chi connectivity index (χ2n) is 4.14. The van der Waals surface area contributed by atoms with Crippen molar-refractivity contribution in [1.29, 1.82) is 0 Å². The van der Waals surface area contributed by atoms with E-state index in [4.69, 9.17) is 16.3 Å². The molecule has 0 unspecified atom stereocenters. The number of hydrogen-bond donors (Lipinski definition) is 0. The maximum atomic E-state index is 11.0. The van der Waals surface area contributed by atoms with Crippen molar-refractivity contribution < 1.29 is 14.5 Å². The Labute approximate surface area is 119 Å². The van der Waals surface area contributed by atoms with Gasteiger partial charge in [0.1, 0.15) is 12.0 Å². The molecule has 0 radical (unpaired) electrons. The van der Waals surface area contributed by atoms with Gasteiger partial charge in [-0.1, -0.05) is 17.7 Å². The third-order valence-electron chi connectivity index (χ3n) is 2.62. The van der Waals surface area contributed by atoms with Gasteiger partial charge >= 0.3 is 5.69 Å². The number of nitrogens with zero attached hydrogens (tertiary/aromatic N) is 1. The molecule has 0 amide bonds. The highest BCUT2D eigenvalue weighted by Crippen LogP contribution is 2.35. The van der Waals surface area contributed by atoms with Crippen LogP contribution in [-0.4, -0.2) is 11.2 Å². The van der Waals surface area contributed by atoms with E-state index in [-0.39, 0.29) is 17.0 Å². The summed E-state index contributed by atoms with van der Waals surface area (Å²) in [5.74, 6) is 0.363. The summed E-state index contributed by atoms with van der Waals surface area (Å²) < 4.78 is 5.49. The highest BCUT2D eigenvalue weighted by molar-refractivity contribution is 6.32. The number of aldehydes is 1. The SMILES string of the molecule is Cc1ccc(Cl)c(Oc2ccc(C=O)cc2[N+](=O)[O-])c1. The van der Waals surface area contributed by atoms with Crippen LogP contribution in [0.5, 0.6) is 11.5 Å². The van der Waals surface area contributed by atoms with Crippen molar-refractivity contribution in [3.05, 3.63) is 62.7 Å². The zero-order valence-corrected chi connectivity index (χ0v) is 11.3. The van der Waals surface area contributed by atoms with Crippen LogP contribution in [0.25, 0.3) is 0 Å². The number of nitro benzene ring substituents is 1. The average Bonchev–Trinajstić information content (AvgIpc) is 2.43. The van der Waals surface area contributed by atoms with Gasteiger partial charge < -0.3 is 4.74 Å². The van der Waals surface area contributed by atoms with Crippen molar-refractivity contribution in [3.8, 4) is 11.5 Å². The number of carbonyl (C=O) groups excluding carboxylic acids is 1. The Kier molecular flexibility index (Phi) is 4.00. The Morgan fingerprint density at radius 3 is 2.60 bits per heavy atom. The number of hydrogen-bond acceptors (Lipinski definition) is 4. The van der Waals surface area contributed by atoms with E-state index < -0.39 is 4.92 Å². The lowest BCUT2D eigenvalue weighted by Crippen LogP contribution is -1.95. The van der Waals surface area contributed by atoms with Crippen LogP contribution in [0.2, 0.25) is 5.02 Å². The standard InChI is InChI=1S/C14H10ClNO4/c1-9-2-4-11(15)14(6-9)20-13-5-3-10(8-17)7-12(13)16(18)19/h2-8H,1H3. The summed E-state index contributed by atoms with van der Waals surface area (Å²) >= 11 is 5.99. The summed E-state index contributed by atoms with van der Waals surface area (Å²) in [4.78, 5) is 21.1. The second kappa shape index (κ2) is 5.71. The van der Waals surface area contributed by atoms with E-state index in [9.17, 15) is 14.9 Å². The van der Waals surface area contributed by atoms with Crippen LogP contribution in [-0.2, 0) is 0 Å². The van der Waals surface area contributed by atoms with Gasteiger partial charge in [-0.05, 0) is 36.8 Å². The predicted molar refractivity (Wildman–Crippen MR) is 74.7 cm³/mol. The van der Waals surface area contributed by atoms with E-state index in [1.54, 1.807) is 18.2 Å². The average molecular weight is 292 g/mol. The number of aryl methyl sites for hydroxylation is 1. The van der Waals surface area contributed by atoms with Crippen LogP contribution >= 0.6 is 11.6 Å². The van der Waals surface area contributed by atoms with Crippen molar-refractivity contribution in [2.75, 3.05) is 0 Å². The molecule has 0 aliphatic carbocycles. The number of ether oxygens (including phenoxy) is 1. The summed E-state index contributed by atoms with van der Waals surface area (Å²) in [6, 6.07) is 9.11. The Hall–Kier alpha value is -2.40. The summed E-state index contributed by atoms with van der Waals surface area (Å²) in [7, 11) is 0.